The number of fused-ring (bicyclic) bond motifs is 9. The molecule has 38 atom stereocenters. The van der Waals surface area contributed by atoms with Crippen LogP contribution in [0, 0.1) is 0 Å². The molecule has 8 aromatic rings. The van der Waals surface area contributed by atoms with Gasteiger partial charge < -0.3 is 4.90 Å². The van der Waals surface area contributed by atoms with E-state index < -0.39 is 0 Å². The van der Waals surface area contributed by atoms with Crippen LogP contribution in [0.3, 0.4) is 0 Å². The van der Waals surface area contributed by atoms with Crippen molar-refractivity contribution in [3.63, 3.8) is 0 Å². The zero-order chi connectivity index (χ0) is 105. The summed E-state index contributed by atoms with van der Waals surface area (Å²) in [6.07, 6.45) is 36.9. The van der Waals surface area contributed by atoms with Gasteiger partial charge >= 0.3 is 0 Å². The minimum atomic E-state index is -0.308. The lowest BCUT2D eigenvalue weighted by Gasteiger charge is -2.61. The molecule has 0 saturated heterocycles. The van der Waals surface area contributed by atoms with Crippen molar-refractivity contribution < 1.29 is 0 Å². The number of thiophene rings is 1. The molecule has 67 heteroatoms. The zero-order valence-corrected chi connectivity index (χ0v) is 150. The van der Waals surface area contributed by atoms with Crippen LogP contribution in [0.1, 0.15) is 230 Å². The number of hydrogen-bond donors (Lipinski definition) is 0. The summed E-state index contributed by atoms with van der Waals surface area (Å²) in [6, 6.07) is 60.1. The Kier molecular flexibility index (Phi) is 81.8. The van der Waals surface area contributed by atoms with E-state index in [0.717, 1.165) is 7.96 Å². The zero-order valence-electron chi connectivity index (χ0n) is 82.0. The predicted molar refractivity (Wildman–Crippen MR) is 887 cm³/mol. The first kappa shape index (κ1) is 149. The van der Waals surface area contributed by atoms with E-state index in [2.05, 4.69) is 479 Å². The third-order valence-corrected chi connectivity index (χ3v) is 480. The van der Waals surface area contributed by atoms with Crippen LogP contribution in [0.25, 0.3) is 53.6 Å². The van der Waals surface area contributed by atoms with Crippen molar-refractivity contribution in [2.45, 2.75) is 218 Å². The van der Waals surface area contributed by atoms with Crippen LogP contribution in [-0.2, 0) is 10.8 Å². The van der Waals surface area contributed by atoms with Gasteiger partial charge in [0.15, 0.2) is 0 Å². The van der Waals surface area contributed by atoms with Crippen LogP contribution in [0.2, 0.25) is 0 Å². The number of rotatable bonds is 63. The Morgan fingerprint density at radius 1 is 0.224 bits per heavy atom. The molecular weight excluding hydrogens is 2970 g/mol. The Morgan fingerprint density at radius 3 is 0.804 bits per heavy atom. The van der Waals surface area contributed by atoms with Crippen LogP contribution in [0.15, 0.2) is 152 Å². The van der Waals surface area contributed by atoms with Gasteiger partial charge in [-0.1, -0.05) is 293 Å². The Labute approximate surface area is 985 Å². The number of benzene rings is 7. The summed E-state index contributed by atoms with van der Waals surface area (Å²) in [7, 11) is 119. The topological polar surface area (TPSA) is 3.24 Å². The maximum atomic E-state index is 3.66. The lowest BCUT2D eigenvalue weighted by molar-refractivity contribution is 0.398. The van der Waals surface area contributed by atoms with E-state index >= 15 is 0 Å². The Bertz CT molecular complexity index is 4750. The van der Waals surface area contributed by atoms with Crippen molar-refractivity contribution in [3.8, 4) is 33.4 Å². The highest BCUT2D eigenvalue weighted by Gasteiger charge is 2.63. The minimum absolute atomic E-state index is 0.0442. The smallest absolute Gasteiger partial charge is 0.0468 e. The number of anilines is 3. The highest BCUT2D eigenvalue weighted by molar-refractivity contribution is 9.55. The van der Waals surface area contributed by atoms with Gasteiger partial charge in [0.1, 0.15) is 0 Å². The average molecular weight is 3130 g/mol. The van der Waals surface area contributed by atoms with E-state index in [9.17, 15) is 0 Å². The highest BCUT2D eigenvalue weighted by Crippen LogP contribution is 3.50. The van der Waals surface area contributed by atoms with Gasteiger partial charge in [-0.25, -0.2) is 0 Å². The first-order valence-electron chi connectivity index (χ1n) is 46.6. The summed E-state index contributed by atoms with van der Waals surface area (Å²) in [5, 5.41) is 2.70. The molecule has 0 saturated carbocycles. The lowest BCUT2D eigenvalue weighted by atomic mass is 9.70. The fourth-order valence-corrected chi connectivity index (χ4v) is 962. The molecule has 0 amide bonds. The quantitative estimate of drug-likeness (QED) is 0.0271. The molecule has 2 aliphatic carbocycles. The highest BCUT2D eigenvalue weighted by atomic mass is 33.6. The monoisotopic (exact) mass is 3130 g/mol. The predicted octanol–water partition coefficient (Wildman–Crippen LogP) is 62.8. The summed E-state index contributed by atoms with van der Waals surface area (Å²) < 4.78 is 2.70. The molecule has 0 bridgehead atoms. The molecule has 800 valence electrons. The third-order valence-electron chi connectivity index (χ3n) is 24.3. The molecule has 0 radical (unpaired) electrons. The molecule has 0 spiro atoms. The SMILES string of the molecule is CCCCCCCCC1(CCCCCCCC)c2ccccc2-c2cc(N(c3cccc(-c4ccc5c(c4)sc4ccccc45)c3)c3ccc4c(c3)-c3ccccc3C4(CCCCCCCC)CCCCCCCC)ccc21.PPP(P(P)P)P(P(P)P)P(P(P(P)P)P(P)P)P(P(P(P(P)P)P(P)P)P(P(P)P)P(P)P)P(P(P(P(P)P)P(P)P)P(P(P)P)P(P)P)P(P(P(P)P)P(P)P)P(P(P)P)P(P)P. The maximum Gasteiger partial charge on any atom is 0.0468 e. The first-order chi connectivity index (χ1) is 68.1. The fourth-order valence-electron chi connectivity index (χ4n) is 18.4. The average Bonchev–Trinajstić information content (AvgIpc) is 1.67. The van der Waals surface area contributed by atoms with Crippen LogP contribution in [-0.4, -0.2) is 0 Å². The van der Waals surface area contributed by atoms with Gasteiger partial charge in [0.25, 0.3) is 0 Å². The van der Waals surface area contributed by atoms with Gasteiger partial charge in [-0.2, -0.15) is 0 Å². The van der Waals surface area contributed by atoms with Gasteiger partial charge in [0.05, 0.1) is 0 Å². The van der Waals surface area contributed by atoms with Crippen LogP contribution in [0.5, 0.6) is 0 Å². The van der Waals surface area contributed by atoms with Gasteiger partial charge in [-0.05, 0) is 346 Å². The van der Waals surface area contributed by atoms with Gasteiger partial charge in [0.2, 0.25) is 0 Å². The van der Waals surface area contributed by atoms with E-state index in [1.165, 1.54) is 250 Å². The van der Waals surface area contributed by atoms with Crippen LogP contribution in [0.4, 0.5) is 17.1 Å². The second-order valence-electron chi connectivity index (χ2n) is 34.2. The molecule has 38 unspecified atom stereocenters. The molecule has 10 rings (SSSR count). The molecule has 1 aromatic heterocycles. The lowest BCUT2D eigenvalue weighted by Crippen LogP contribution is -2.25. The molecule has 0 fully saturated rings. The fraction of sp³-hybridized carbons (Fsp3) is 0.447. The van der Waals surface area contributed by atoms with Crippen molar-refractivity contribution in [2.24, 2.45) is 0 Å². The molecular formula is C76H160NP65S. The summed E-state index contributed by atoms with van der Waals surface area (Å²) in [5.74, 6) is 0. The largest absolute Gasteiger partial charge is 0.310 e. The number of hydrogen-bond acceptors (Lipinski definition) is 2. The second kappa shape index (κ2) is 78.6. The summed E-state index contributed by atoms with van der Waals surface area (Å²) in [6.45, 7) is 1.56. The van der Waals surface area contributed by atoms with Crippen molar-refractivity contribution >= 4 is 568 Å². The van der Waals surface area contributed by atoms with Crippen molar-refractivity contribution in [1.29, 1.82) is 0 Å². The Hall–Kier alpha value is 22.5. The summed E-state index contributed by atoms with van der Waals surface area (Å²) in [5.41, 5.74) is 18.4. The van der Waals surface area contributed by atoms with E-state index in [0.29, 0.717) is 0 Å². The van der Waals surface area contributed by atoms with E-state index in [4.69, 9.17) is 0 Å². The van der Waals surface area contributed by atoms with Crippen LogP contribution >= 0.6 is 531 Å². The molecule has 1 nitrogen and oxygen atoms in total. The van der Waals surface area contributed by atoms with E-state index in [1.807, 2.05) is 11.3 Å². The van der Waals surface area contributed by atoms with Crippen molar-refractivity contribution in [1.82, 2.24) is 0 Å². The molecule has 1 heterocycles. The minimum Gasteiger partial charge on any atom is -0.310 e. The Morgan fingerprint density at radius 2 is 0.490 bits per heavy atom. The van der Waals surface area contributed by atoms with Gasteiger partial charge in [-0.15, -0.1) is 306 Å². The van der Waals surface area contributed by atoms with Crippen LogP contribution < -0.4 is 4.90 Å². The summed E-state index contributed by atoms with van der Waals surface area (Å²) in [4.78, 5) is 2.62. The number of nitrogens with zero attached hydrogens (tertiary/aromatic N) is 1. The Balaban J connectivity index is 0.000000326. The molecule has 0 N–H and O–H groups in total. The normalized spacial score (nSPS) is 15.0. The number of unbranched alkanes of at least 4 members (excludes halogenated alkanes) is 20. The molecule has 0 aliphatic heterocycles. The van der Waals surface area contributed by atoms with Crippen molar-refractivity contribution in [3.05, 3.63) is 174 Å². The van der Waals surface area contributed by atoms with E-state index in [-0.39, 0.29) is 227 Å². The molecule has 7 aromatic carbocycles. The molecule has 143 heavy (non-hydrogen) atoms. The summed E-state index contributed by atoms with van der Waals surface area (Å²) >= 11 is 1.91. The second-order valence-corrected chi connectivity index (χ2v) is 302. The standard InChI is InChI=1S/C76H93NS.H67P65/c1-5-9-13-17-21-31-50-75(51-32-22-18-14-10-6-2)69-41-28-25-38-63(69)67-56-61(45-48-71(67)75)77(60-37-35-36-58(54-60)59-44-47-66-65-40-27-30-43-73(65)78-74(66)55-59)62-46-49-72-68(57-62)64-39-26-29-42-70(64)76(72,52-33-23-19-15-11-7-3)53-34-24-20-16-12-8-4;1-34-51(35(2)3)59(50(32)33)63(58(48(28)29)49(30)31)65(62(56(44(20)21)45(22)23)57(46(24)25)47(26)27)64(60(52(36(4)5)37(6)7)53(38(8)9)39(10)11)61(54(40(12)13)41(14)15)55(42(16)17)43(18)19/h25-30,35-49,54-57H,5-24,31-34,50-53H2,1-4H3;34H,1-33H2. The van der Waals surface area contributed by atoms with Crippen molar-refractivity contribution in [2.75, 3.05) is 4.90 Å². The third kappa shape index (κ3) is 42.8. The van der Waals surface area contributed by atoms with E-state index in [1.54, 1.807) is 22.3 Å². The first-order valence-corrected chi connectivity index (χ1v) is 166. The maximum absolute atomic E-state index is 3.66. The molecule has 2 aliphatic rings. The van der Waals surface area contributed by atoms with Gasteiger partial charge in [-0.3, -0.25) is 0 Å². The van der Waals surface area contributed by atoms with Gasteiger partial charge in [0, 0.05) is 48.1 Å².